The second kappa shape index (κ2) is 9.66. The summed E-state index contributed by atoms with van der Waals surface area (Å²) in [5.74, 6) is -0.0927. The number of aromatic nitrogens is 2. The van der Waals surface area contributed by atoms with Gasteiger partial charge in [0.1, 0.15) is 17.3 Å². The summed E-state index contributed by atoms with van der Waals surface area (Å²) in [4.78, 5) is 17.2. The maximum Gasteiger partial charge on any atom is 0.390 e. The fourth-order valence-corrected chi connectivity index (χ4v) is 4.20. The molecule has 2 aromatic heterocycles. The summed E-state index contributed by atoms with van der Waals surface area (Å²) < 4.78 is 59.6. The van der Waals surface area contributed by atoms with Crippen LogP contribution in [-0.2, 0) is 0 Å². The van der Waals surface area contributed by atoms with Crippen LogP contribution >= 0.6 is 0 Å². The number of rotatable bonds is 8. The topological polar surface area (TPSA) is 67.7 Å². The van der Waals surface area contributed by atoms with Gasteiger partial charge in [-0.2, -0.15) is 13.2 Å². The van der Waals surface area contributed by atoms with Gasteiger partial charge in [0.25, 0.3) is 5.91 Å². The van der Waals surface area contributed by atoms with Crippen LogP contribution in [0.5, 0.6) is 11.5 Å². The minimum Gasteiger partial charge on any atom is -0.456 e. The number of anilines is 1. The Morgan fingerprint density at radius 2 is 1.92 bits per heavy atom. The predicted molar refractivity (Wildman–Crippen MR) is 136 cm³/mol. The van der Waals surface area contributed by atoms with E-state index in [9.17, 15) is 22.4 Å². The monoisotopic (exact) mass is 526 g/mol. The van der Waals surface area contributed by atoms with Crippen LogP contribution in [0.15, 0.2) is 60.9 Å². The molecule has 0 unspecified atom stereocenters. The largest absolute Gasteiger partial charge is 0.456 e. The number of benzene rings is 2. The van der Waals surface area contributed by atoms with E-state index in [4.69, 9.17) is 4.74 Å². The quantitative estimate of drug-likeness (QED) is 0.246. The van der Waals surface area contributed by atoms with Gasteiger partial charge in [0.2, 0.25) is 0 Å². The number of carbonyl (C=O) groups excluding carboxylic acids is 1. The zero-order chi connectivity index (χ0) is 27.1. The van der Waals surface area contributed by atoms with Crippen molar-refractivity contribution >= 4 is 17.2 Å². The molecule has 2 N–H and O–H groups in total. The van der Waals surface area contributed by atoms with Crippen molar-refractivity contribution in [2.24, 2.45) is 0 Å². The number of alkyl halides is 3. The zero-order valence-electron chi connectivity index (χ0n) is 20.8. The van der Waals surface area contributed by atoms with Gasteiger partial charge in [-0.3, -0.25) is 9.20 Å². The summed E-state index contributed by atoms with van der Waals surface area (Å²) >= 11 is 0. The summed E-state index contributed by atoms with van der Waals surface area (Å²) in [7, 11) is 0. The minimum absolute atomic E-state index is 0.130. The molecule has 0 radical (unpaired) electrons. The van der Waals surface area contributed by atoms with Crippen molar-refractivity contribution in [1.29, 1.82) is 0 Å². The van der Waals surface area contributed by atoms with Crippen LogP contribution in [0.2, 0.25) is 0 Å². The molecule has 198 valence electrons. The molecule has 0 saturated heterocycles. The third-order valence-corrected chi connectivity index (χ3v) is 6.52. The molecule has 0 atom stereocenters. The lowest BCUT2D eigenvalue weighted by molar-refractivity contribution is -0.131. The molecule has 1 aliphatic carbocycles. The number of halogens is 4. The van der Waals surface area contributed by atoms with E-state index in [-0.39, 0.29) is 29.5 Å². The fraction of sp³-hybridized carbons (Fsp3) is 0.286. The van der Waals surface area contributed by atoms with Gasteiger partial charge in [-0.05, 0) is 56.5 Å². The Balaban J connectivity index is 1.50. The van der Waals surface area contributed by atoms with Gasteiger partial charge < -0.3 is 15.4 Å². The Hall–Kier alpha value is -4.08. The summed E-state index contributed by atoms with van der Waals surface area (Å²) in [6.45, 7) is 3.50. The maximum absolute atomic E-state index is 13.7. The highest BCUT2D eigenvalue weighted by molar-refractivity contribution is 5.97. The lowest BCUT2D eigenvalue weighted by Gasteiger charge is -2.15. The predicted octanol–water partition coefficient (Wildman–Crippen LogP) is 6.89. The molecule has 1 fully saturated rings. The van der Waals surface area contributed by atoms with Crippen LogP contribution in [0.25, 0.3) is 16.9 Å². The van der Waals surface area contributed by atoms with Crippen molar-refractivity contribution in [2.75, 3.05) is 11.9 Å². The molecule has 1 amide bonds. The van der Waals surface area contributed by atoms with E-state index >= 15 is 0 Å². The average molecular weight is 527 g/mol. The summed E-state index contributed by atoms with van der Waals surface area (Å²) in [6, 6.07) is 12.5. The third kappa shape index (κ3) is 5.74. The summed E-state index contributed by atoms with van der Waals surface area (Å²) in [6.07, 6.45) is -0.184. The smallest absolute Gasteiger partial charge is 0.390 e. The SMILES string of the molecule is Cc1cc(-c2cnc3c(NCCC(F)(F)F)cc(Oc4cccc(F)c4)cn23)ccc1C(=O)NC1(C)CC1. The number of hydrogen-bond donors (Lipinski definition) is 2. The number of carbonyl (C=O) groups is 1. The standard InChI is InChI=1S/C28H26F4N4O2/c1-17-12-18(6-7-22(17)26(37)35-27(2)8-9-27)24-15-34-25-23(33-11-10-28(30,31)32)14-21(16-36(24)25)38-20-5-3-4-19(29)13-20/h3-7,12-16,33H,8-11H2,1-2H3,(H,35,37). The average Bonchev–Trinajstić information content (AvgIpc) is 3.39. The first-order valence-corrected chi connectivity index (χ1v) is 12.2. The van der Waals surface area contributed by atoms with Gasteiger partial charge in [0.05, 0.1) is 30.2 Å². The molecule has 4 aromatic rings. The van der Waals surface area contributed by atoms with Gasteiger partial charge in [0, 0.05) is 35.3 Å². The maximum atomic E-state index is 13.7. The van der Waals surface area contributed by atoms with E-state index in [0.29, 0.717) is 22.6 Å². The molecule has 0 bridgehead atoms. The van der Waals surface area contributed by atoms with Gasteiger partial charge in [-0.25, -0.2) is 9.37 Å². The molecule has 1 aliphatic rings. The molecule has 0 aliphatic heterocycles. The number of pyridine rings is 1. The molecular weight excluding hydrogens is 500 g/mol. The molecule has 10 heteroatoms. The minimum atomic E-state index is -4.32. The molecule has 38 heavy (non-hydrogen) atoms. The van der Waals surface area contributed by atoms with E-state index in [1.165, 1.54) is 24.3 Å². The van der Waals surface area contributed by atoms with Crippen LogP contribution in [0.1, 0.15) is 42.1 Å². The van der Waals surface area contributed by atoms with E-state index < -0.39 is 18.4 Å². The van der Waals surface area contributed by atoms with Crippen LogP contribution < -0.4 is 15.4 Å². The van der Waals surface area contributed by atoms with Crippen molar-refractivity contribution in [2.45, 2.75) is 44.8 Å². The molecule has 1 saturated carbocycles. The lowest BCUT2D eigenvalue weighted by atomic mass is 10.0. The fourth-order valence-electron chi connectivity index (χ4n) is 4.20. The van der Waals surface area contributed by atoms with Crippen LogP contribution in [-0.4, -0.2) is 33.6 Å². The van der Waals surface area contributed by atoms with E-state index in [1.807, 2.05) is 19.9 Å². The number of imidazole rings is 1. The highest BCUT2D eigenvalue weighted by Gasteiger charge is 2.39. The lowest BCUT2D eigenvalue weighted by Crippen LogP contribution is -2.34. The van der Waals surface area contributed by atoms with Crippen LogP contribution in [0, 0.1) is 12.7 Å². The Morgan fingerprint density at radius 1 is 1.13 bits per heavy atom. The van der Waals surface area contributed by atoms with Crippen molar-refractivity contribution in [1.82, 2.24) is 14.7 Å². The van der Waals surface area contributed by atoms with Gasteiger partial charge >= 0.3 is 6.18 Å². The van der Waals surface area contributed by atoms with Gasteiger partial charge in [-0.15, -0.1) is 0 Å². The Labute approximate surface area is 216 Å². The molecule has 5 rings (SSSR count). The first-order valence-electron chi connectivity index (χ1n) is 12.2. The van der Waals surface area contributed by atoms with Crippen LogP contribution in [0.3, 0.4) is 0 Å². The first kappa shape index (κ1) is 25.6. The van der Waals surface area contributed by atoms with Crippen LogP contribution in [0.4, 0.5) is 23.2 Å². The summed E-state index contributed by atoms with van der Waals surface area (Å²) in [5, 5.41) is 5.85. The number of hydrogen-bond acceptors (Lipinski definition) is 4. The second-order valence-electron chi connectivity index (χ2n) is 9.82. The number of ether oxygens (including phenoxy) is 1. The second-order valence-corrected chi connectivity index (χ2v) is 9.82. The van der Waals surface area contributed by atoms with Crippen molar-refractivity contribution in [3.63, 3.8) is 0 Å². The number of aryl methyl sites for hydroxylation is 1. The Bertz CT molecular complexity index is 1510. The van der Waals surface area contributed by atoms with Gasteiger partial charge in [0.15, 0.2) is 5.65 Å². The molecule has 6 nitrogen and oxygen atoms in total. The number of nitrogens with zero attached hydrogens (tertiary/aromatic N) is 2. The first-order chi connectivity index (χ1) is 18.0. The highest BCUT2D eigenvalue weighted by Crippen LogP contribution is 2.35. The Kier molecular flexibility index (Phi) is 6.50. The molecular formula is C28H26F4N4O2. The Morgan fingerprint density at radius 3 is 2.61 bits per heavy atom. The molecule has 2 aromatic carbocycles. The number of amides is 1. The van der Waals surface area contributed by atoms with Crippen molar-refractivity contribution in [3.05, 3.63) is 77.9 Å². The van der Waals surface area contributed by atoms with Gasteiger partial charge in [-0.1, -0.05) is 12.1 Å². The van der Waals surface area contributed by atoms with E-state index in [0.717, 1.165) is 24.0 Å². The molecule has 0 spiro atoms. The van der Waals surface area contributed by atoms with Crippen molar-refractivity contribution in [3.8, 4) is 22.8 Å². The van der Waals surface area contributed by atoms with E-state index in [2.05, 4.69) is 15.6 Å². The van der Waals surface area contributed by atoms with E-state index in [1.54, 1.807) is 35.0 Å². The number of fused-ring (bicyclic) bond motifs is 1. The highest BCUT2D eigenvalue weighted by atomic mass is 19.4. The number of nitrogens with one attached hydrogen (secondary N) is 2. The third-order valence-electron chi connectivity index (χ3n) is 6.52. The molecule has 2 heterocycles. The normalized spacial score (nSPS) is 14.4. The summed E-state index contributed by atoms with van der Waals surface area (Å²) in [5.41, 5.74) is 3.34. The van der Waals surface area contributed by atoms with Crippen molar-refractivity contribution < 1.29 is 27.1 Å². The zero-order valence-corrected chi connectivity index (χ0v) is 20.8.